The van der Waals surface area contributed by atoms with Crippen LogP contribution in [0.3, 0.4) is 0 Å². The number of aromatic nitrogens is 2. The fraction of sp³-hybridized carbons (Fsp3) is 0.150. The van der Waals surface area contributed by atoms with E-state index in [1.54, 1.807) is 31.2 Å². The standard InChI is InChI=1S/C20H19ClN4O/c1-12-5-4-6-16(9-12)24-19-11-18(22-14(3)23-19)20(26)25-17-8-7-15(21)10-13(17)2/h4-11H,1-3H3,(H,25,26)(H,22,23,24). The van der Waals surface area contributed by atoms with E-state index in [-0.39, 0.29) is 5.91 Å². The fourth-order valence-electron chi connectivity index (χ4n) is 2.57. The largest absolute Gasteiger partial charge is 0.340 e. The number of amides is 1. The maximum Gasteiger partial charge on any atom is 0.274 e. The van der Waals surface area contributed by atoms with Gasteiger partial charge in [-0.25, -0.2) is 9.97 Å². The molecule has 3 rings (SSSR count). The van der Waals surface area contributed by atoms with Crippen LogP contribution >= 0.6 is 11.6 Å². The average molecular weight is 367 g/mol. The SMILES string of the molecule is Cc1cccc(Nc2cc(C(=O)Nc3ccc(Cl)cc3C)nc(C)n2)c1. The molecule has 0 saturated carbocycles. The quantitative estimate of drug-likeness (QED) is 0.678. The summed E-state index contributed by atoms with van der Waals surface area (Å²) in [5.74, 6) is 0.787. The van der Waals surface area contributed by atoms with Gasteiger partial charge in [-0.3, -0.25) is 4.79 Å². The van der Waals surface area contributed by atoms with Gasteiger partial charge >= 0.3 is 0 Å². The highest BCUT2D eigenvalue weighted by atomic mass is 35.5. The first-order valence-electron chi connectivity index (χ1n) is 8.17. The van der Waals surface area contributed by atoms with Crippen LogP contribution in [0.4, 0.5) is 17.2 Å². The molecule has 0 saturated heterocycles. The first-order valence-corrected chi connectivity index (χ1v) is 8.55. The Kier molecular flexibility index (Phi) is 5.19. The molecule has 0 radical (unpaired) electrons. The van der Waals surface area contributed by atoms with Gasteiger partial charge in [-0.05, 0) is 62.2 Å². The Labute approximate surface area is 157 Å². The third kappa shape index (κ3) is 4.37. The van der Waals surface area contributed by atoms with E-state index in [4.69, 9.17) is 11.6 Å². The molecule has 0 unspecified atom stereocenters. The minimum atomic E-state index is -0.298. The van der Waals surface area contributed by atoms with E-state index in [2.05, 4.69) is 20.6 Å². The fourth-order valence-corrected chi connectivity index (χ4v) is 2.80. The molecule has 0 aliphatic rings. The summed E-state index contributed by atoms with van der Waals surface area (Å²) in [6.07, 6.45) is 0. The number of aryl methyl sites for hydroxylation is 3. The van der Waals surface area contributed by atoms with Gasteiger partial charge in [0.25, 0.3) is 5.91 Å². The summed E-state index contributed by atoms with van der Waals surface area (Å²) in [6.45, 7) is 5.66. The van der Waals surface area contributed by atoms with Crippen molar-refractivity contribution in [3.63, 3.8) is 0 Å². The third-order valence-electron chi connectivity index (χ3n) is 3.80. The molecule has 1 aromatic heterocycles. The number of benzene rings is 2. The number of hydrogen-bond donors (Lipinski definition) is 2. The molecule has 0 bridgehead atoms. The first kappa shape index (κ1) is 17.9. The number of carbonyl (C=O) groups is 1. The van der Waals surface area contributed by atoms with Gasteiger partial charge in [0.1, 0.15) is 17.3 Å². The van der Waals surface area contributed by atoms with Crippen molar-refractivity contribution in [2.24, 2.45) is 0 Å². The Bertz CT molecular complexity index is 972. The Morgan fingerprint density at radius 1 is 1.00 bits per heavy atom. The number of halogens is 1. The molecule has 3 aromatic rings. The van der Waals surface area contributed by atoms with Gasteiger partial charge in [0.05, 0.1) is 0 Å². The van der Waals surface area contributed by atoms with Crippen molar-refractivity contribution in [2.45, 2.75) is 20.8 Å². The van der Waals surface area contributed by atoms with E-state index >= 15 is 0 Å². The predicted molar refractivity (Wildman–Crippen MR) is 105 cm³/mol. The van der Waals surface area contributed by atoms with Gasteiger partial charge in [0.2, 0.25) is 0 Å². The van der Waals surface area contributed by atoms with Crippen molar-refractivity contribution in [2.75, 3.05) is 10.6 Å². The van der Waals surface area contributed by atoms with E-state index in [1.807, 2.05) is 38.1 Å². The smallest absolute Gasteiger partial charge is 0.274 e. The number of nitrogens with zero attached hydrogens (tertiary/aromatic N) is 2. The van der Waals surface area contributed by atoms with Gasteiger partial charge in [0.15, 0.2) is 0 Å². The summed E-state index contributed by atoms with van der Waals surface area (Å²) < 4.78 is 0. The van der Waals surface area contributed by atoms with Crippen molar-refractivity contribution in [3.8, 4) is 0 Å². The molecule has 0 atom stereocenters. The van der Waals surface area contributed by atoms with E-state index in [1.165, 1.54) is 0 Å². The molecule has 1 amide bonds. The van der Waals surface area contributed by atoms with Crippen LogP contribution in [-0.2, 0) is 0 Å². The van der Waals surface area contributed by atoms with Gasteiger partial charge in [-0.2, -0.15) is 0 Å². The van der Waals surface area contributed by atoms with E-state index in [0.29, 0.717) is 28.0 Å². The minimum absolute atomic E-state index is 0.294. The summed E-state index contributed by atoms with van der Waals surface area (Å²) >= 11 is 5.96. The van der Waals surface area contributed by atoms with Crippen molar-refractivity contribution < 1.29 is 4.79 Å². The van der Waals surface area contributed by atoms with Crippen LogP contribution in [0.15, 0.2) is 48.5 Å². The number of rotatable bonds is 4. The molecule has 6 heteroatoms. The van der Waals surface area contributed by atoms with Crippen LogP contribution in [0, 0.1) is 20.8 Å². The number of nitrogens with one attached hydrogen (secondary N) is 2. The topological polar surface area (TPSA) is 66.9 Å². The summed E-state index contributed by atoms with van der Waals surface area (Å²) in [7, 11) is 0. The average Bonchev–Trinajstić information content (AvgIpc) is 2.57. The molecule has 0 aliphatic carbocycles. The molecule has 0 fully saturated rings. The monoisotopic (exact) mass is 366 g/mol. The van der Waals surface area contributed by atoms with Crippen LogP contribution in [-0.4, -0.2) is 15.9 Å². The van der Waals surface area contributed by atoms with Crippen molar-refractivity contribution in [3.05, 3.63) is 76.2 Å². The lowest BCUT2D eigenvalue weighted by atomic mass is 10.2. The second-order valence-electron chi connectivity index (χ2n) is 6.09. The number of hydrogen-bond acceptors (Lipinski definition) is 4. The van der Waals surface area contributed by atoms with Crippen molar-refractivity contribution in [1.82, 2.24) is 9.97 Å². The molecule has 0 spiro atoms. The summed E-state index contributed by atoms with van der Waals surface area (Å²) in [5, 5.41) is 6.71. The normalized spacial score (nSPS) is 10.5. The molecular formula is C20H19ClN4O. The molecular weight excluding hydrogens is 348 g/mol. The molecule has 0 aliphatic heterocycles. The Morgan fingerprint density at radius 2 is 1.81 bits per heavy atom. The van der Waals surface area contributed by atoms with Gasteiger partial charge in [0, 0.05) is 22.5 Å². The lowest BCUT2D eigenvalue weighted by molar-refractivity contribution is 0.102. The Morgan fingerprint density at radius 3 is 2.54 bits per heavy atom. The third-order valence-corrected chi connectivity index (χ3v) is 4.03. The van der Waals surface area contributed by atoms with E-state index in [9.17, 15) is 4.79 Å². The highest BCUT2D eigenvalue weighted by Gasteiger charge is 2.12. The second-order valence-corrected chi connectivity index (χ2v) is 6.53. The van der Waals surface area contributed by atoms with Crippen molar-refractivity contribution >= 4 is 34.7 Å². The number of carbonyl (C=O) groups excluding carboxylic acids is 1. The number of anilines is 3. The zero-order valence-electron chi connectivity index (χ0n) is 14.8. The molecule has 2 aromatic carbocycles. The summed E-state index contributed by atoms with van der Waals surface area (Å²) in [6, 6.07) is 14.9. The van der Waals surface area contributed by atoms with Gasteiger partial charge in [-0.1, -0.05) is 23.7 Å². The highest BCUT2D eigenvalue weighted by Crippen LogP contribution is 2.21. The van der Waals surface area contributed by atoms with Crippen LogP contribution < -0.4 is 10.6 Å². The summed E-state index contributed by atoms with van der Waals surface area (Å²) in [4.78, 5) is 21.2. The zero-order valence-corrected chi connectivity index (χ0v) is 15.6. The maximum absolute atomic E-state index is 12.6. The molecule has 2 N–H and O–H groups in total. The van der Waals surface area contributed by atoms with Crippen LogP contribution in [0.1, 0.15) is 27.4 Å². The minimum Gasteiger partial charge on any atom is -0.340 e. The van der Waals surface area contributed by atoms with Gasteiger partial charge < -0.3 is 10.6 Å². The Hall–Kier alpha value is -2.92. The van der Waals surface area contributed by atoms with Crippen molar-refractivity contribution in [1.29, 1.82) is 0 Å². The van der Waals surface area contributed by atoms with Crippen LogP contribution in [0.25, 0.3) is 0 Å². The molecule has 132 valence electrons. The predicted octanol–water partition coefficient (Wildman–Crippen LogP) is 5.05. The molecule has 1 heterocycles. The highest BCUT2D eigenvalue weighted by molar-refractivity contribution is 6.30. The van der Waals surface area contributed by atoms with E-state index in [0.717, 1.165) is 16.8 Å². The zero-order chi connectivity index (χ0) is 18.7. The maximum atomic E-state index is 12.6. The first-order chi connectivity index (χ1) is 12.4. The van der Waals surface area contributed by atoms with Gasteiger partial charge in [-0.15, -0.1) is 0 Å². The second kappa shape index (κ2) is 7.54. The molecule has 5 nitrogen and oxygen atoms in total. The summed E-state index contributed by atoms with van der Waals surface area (Å²) in [5.41, 5.74) is 3.92. The Balaban J connectivity index is 1.83. The lowest BCUT2D eigenvalue weighted by Gasteiger charge is -2.11. The van der Waals surface area contributed by atoms with E-state index < -0.39 is 0 Å². The molecule has 26 heavy (non-hydrogen) atoms. The lowest BCUT2D eigenvalue weighted by Crippen LogP contribution is -2.16. The van der Waals surface area contributed by atoms with Crippen LogP contribution in [0.5, 0.6) is 0 Å². The van der Waals surface area contributed by atoms with Crippen LogP contribution in [0.2, 0.25) is 5.02 Å².